The van der Waals surface area contributed by atoms with Crippen LogP contribution in [0.2, 0.25) is 0 Å². The predicted molar refractivity (Wildman–Crippen MR) is 23.0 cm³/mol. The fraction of sp³-hybridized carbons (Fsp3) is 1.00. The Labute approximate surface area is 41.5 Å². The molecular weight excluding hydrogens is 121 g/mol. The molecule has 0 saturated heterocycles. The van der Waals surface area contributed by atoms with E-state index in [1.165, 1.54) is 0 Å². The average Bonchev–Trinajstić information content (AvgIpc) is 1.35. The molecule has 5 N–H and O–H groups in total. The van der Waals surface area contributed by atoms with E-state index in [-0.39, 0.29) is 6.15 Å². The Hall–Kier alpha value is -0.0600. The highest BCUT2D eigenvalue weighted by molar-refractivity contribution is 7.32. The number of aliphatic hydroxyl groups is 1. The van der Waals surface area contributed by atoms with Gasteiger partial charge in [-0.3, -0.25) is 0 Å². The normalized spacial score (nSPS) is 9.71. The Morgan fingerprint density at radius 1 is 1.71 bits per heavy atom. The third kappa shape index (κ3) is 10.7. The lowest BCUT2D eigenvalue weighted by Gasteiger charge is -1.68. The largest absolute Gasteiger partial charge is 0.697 e. The van der Waals surface area contributed by atoms with Gasteiger partial charge in [-0.2, -0.15) is 0 Å². The van der Waals surface area contributed by atoms with Crippen LogP contribution in [0.15, 0.2) is 0 Å². The molecule has 6 heteroatoms. The second-order valence-corrected chi connectivity index (χ2v) is 1.23. The number of hydrogen-bond acceptors (Lipinski definition) is 4. The smallest absolute Gasteiger partial charge is 0.367 e. The number of rotatable bonds is 2. The number of aliphatic hydroxyl groups excluding tert-OH is 1. The van der Waals surface area contributed by atoms with Crippen LogP contribution >= 0.6 is 8.25 Å². The van der Waals surface area contributed by atoms with Crippen LogP contribution in [0.3, 0.4) is 0 Å². The van der Waals surface area contributed by atoms with Gasteiger partial charge in [0.05, 0.1) is 0 Å². The second-order valence-electron chi connectivity index (χ2n) is 0.496. The number of hydrogen-bond donors (Lipinski definition) is 3. The van der Waals surface area contributed by atoms with E-state index in [0.717, 1.165) is 0 Å². The lowest BCUT2D eigenvalue weighted by atomic mass is 11.6. The lowest BCUT2D eigenvalue weighted by Crippen LogP contribution is -1.78. The highest BCUT2D eigenvalue weighted by atomic mass is 31.1. The van der Waals surface area contributed by atoms with Crippen molar-refractivity contribution in [3.8, 4) is 0 Å². The van der Waals surface area contributed by atoms with Crippen molar-refractivity contribution in [2.24, 2.45) is 0 Å². The van der Waals surface area contributed by atoms with E-state index in [1.807, 2.05) is 0 Å². The summed E-state index contributed by atoms with van der Waals surface area (Å²) in [6.45, 7) is -0.703. The molecule has 0 aromatic heterocycles. The topological polar surface area (TPSA) is 102 Å². The van der Waals surface area contributed by atoms with E-state index >= 15 is 0 Å². The zero-order valence-corrected chi connectivity index (χ0v) is 4.47. The first-order chi connectivity index (χ1) is 2.77. The third-order valence-corrected chi connectivity index (χ3v) is 0.505. The fourth-order valence-corrected chi connectivity index (χ4v) is 0.148. The predicted octanol–water partition coefficient (Wildman–Crippen LogP) is -0.235. The van der Waals surface area contributed by atoms with Crippen molar-refractivity contribution < 1.29 is 19.1 Å². The first-order valence-corrected chi connectivity index (χ1v) is 2.30. The Morgan fingerprint density at radius 3 is 2.14 bits per heavy atom. The molecule has 0 amide bonds. The van der Waals surface area contributed by atoms with E-state index in [2.05, 4.69) is 4.52 Å². The SMILES string of the molecule is N.O=[P+](O)OCO. The summed E-state index contributed by atoms with van der Waals surface area (Å²) in [5, 5.41) is 7.67. The Kier molecular flexibility index (Phi) is 8.51. The Bertz CT molecular complexity index is 55.7. The van der Waals surface area contributed by atoms with Crippen LogP contribution in [0, 0.1) is 0 Å². The summed E-state index contributed by atoms with van der Waals surface area (Å²) in [5.41, 5.74) is 0. The van der Waals surface area contributed by atoms with E-state index < -0.39 is 15.0 Å². The molecular formula is CH7NO4P+. The monoisotopic (exact) mass is 128 g/mol. The van der Waals surface area contributed by atoms with Crippen molar-refractivity contribution in [3.05, 3.63) is 0 Å². The molecule has 0 aliphatic rings. The van der Waals surface area contributed by atoms with Gasteiger partial charge in [-0.05, 0) is 0 Å². The quantitative estimate of drug-likeness (QED) is 0.352. The molecule has 5 nitrogen and oxygen atoms in total. The zero-order valence-electron chi connectivity index (χ0n) is 3.57. The molecule has 0 radical (unpaired) electrons. The maximum Gasteiger partial charge on any atom is 0.697 e. The molecule has 1 atom stereocenters. The van der Waals surface area contributed by atoms with Crippen LogP contribution in [-0.2, 0) is 9.09 Å². The fourth-order valence-electron chi connectivity index (χ4n) is 0.0494. The van der Waals surface area contributed by atoms with Crippen LogP contribution < -0.4 is 6.15 Å². The minimum absolute atomic E-state index is 0. The van der Waals surface area contributed by atoms with Crippen molar-refractivity contribution >= 4 is 8.25 Å². The summed E-state index contributed by atoms with van der Waals surface area (Å²) in [6, 6.07) is 0. The highest BCUT2D eigenvalue weighted by Crippen LogP contribution is 2.11. The molecule has 0 fully saturated rings. The minimum atomic E-state index is -2.60. The van der Waals surface area contributed by atoms with Crippen molar-refractivity contribution in [3.63, 3.8) is 0 Å². The van der Waals surface area contributed by atoms with Gasteiger partial charge in [0.25, 0.3) is 0 Å². The summed E-state index contributed by atoms with van der Waals surface area (Å²) in [7, 11) is -2.60. The molecule has 0 heterocycles. The second kappa shape index (κ2) is 5.94. The first-order valence-electron chi connectivity index (χ1n) is 1.17. The molecule has 0 aliphatic heterocycles. The minimum Gasteiger partial charge on any atom is -0.367 e. The van der Waals surface area contributed by atoms with Gasteiger partial charge in [0.2, 0.25) is 6.79 Å². The molecule has 0 aromatic carbocycles. The standard InChI is InChI=1S/CH3O4P.H3N/c2-1-5-6(3)4;/h2H,1H2;1H3/p+1. The summed E-state index contributed by atoms with van der Waals surface area (Å²) in [4.78, 5) is 7.68. The van der Waals surface area contributed by atoms with Crippen LogP contribution in [0.5, 0.6) is 0 Å². The van der Waals surface area contributed by atoms with Gasteiger partial charge in [-0.1, -0.05) is 4.52 Å². The van der Waals surface area contributed by atoms with Crippen LogP contribution in [0.4, 0.5) is 0 Å². The molecule has 44 valence electrons. The average molecular weight is 128 g/mol. The highest BCUT2D eigenvalue weighted by Gasteiger charge is 2.07. The van der Waals surface area contributed by atoms with Gasteiger partial charge < -0.3 is 11.3 Å². The zero-order chi connectivity index (χ0) is 4.99. The lowest BCUT2D eigenvalue weighted by molar-refractivity contribution is 0.0946. The van der Waals surface area contributed by atoms with Gasteiger partial charge in [-0.15, -0.1) is 4.89 Å². The molecule has 0 aliphatic carbocycles. The molecule has 0 spiro atoms. The molecule has 0 saturated carbocycles. The van der Waals surface area contributed by atoms with Gasteiger partial charge in [-0.25, -0.2) is 0 Å². The summed E-state index contributed by atoms with van der Waals surface area (Å²) >= 11 is 0. The van der Waals surface area contributed by atoms with Crippen LogP contribution in [-0.4, -0.2) is 16.8 Å². The van der Waals surface area contributed by atoms with Crippen molar-refractivity contribution in [1.29, 1.82) is 0 Å². The van der Waals surface area contributed by atoms with E-state index in [1.54, 1.807) is 0 Å². The summed E-state index contributed by atoms with van der Waals surface area (Å²) in [6.07, 6.45) is 0. The van der Waals surface area contributed by atoms with Gasteiger partial charge in [0.1, 0.15) is 0 Å². The van der Waals surface area contributed by atoms with Gasteiger partial charge in [0.15, 0.2) is 0 Å². The molecule has 0 rings (SSSR count). The van der Waals surface area contributed by atoms with E-state index in [0.29, 0.717) is 0 Å². The maximum atomic E-state index is 9.37. The molecule has 7 heavy (non-hydrogen) atoms. The van der Waals surface area contributed by atoms with E-state index in [9.17, 15) is 4.57 Å². The summed E-state index contributed by atoms with van der Waals surface area (Å²) < 4.78 is 13.0. The third-order valence-electron chi connectivity index (χ3n) is 0.168. The molecule has 1 unspecified atom stereocenters. The Balaban J connectivity index is 0. The molecule has 0 aromatic rings. The summed E-state index contributed by atoms with van der Waals surface area (Å²) in [5.74, 6) is 0. The van der Waals surface area contributed by atoms with Crippen LogP contribution in [0.25, 0.3) is 0 Å². The van der Waals surface area contributed by atoms with Crippen LogP contribution in [0.1, 0.15) is 0 Å². The van der Waals surface area contributed by atoms with Crippen molar-refractivity contribution in [2.45, 2.75) is 0 Å². The van der Waals surface area contributed by atoms with E-state index in [4.69, 9.17) is 10.00 Å². The van der Waals surface area contributed by atoms with Crippen molar-refractivity contribution in [2.75, 3.05) is 6.79 Å². The first kappa shape index (κ1) is 10.0. The maximum absolute atomic E-state index is 9.37. The van der Waals surface area contributed by atoms with Gasteiger partial charge >= 0.3 is 8.25 Å². The van der Waals surface area contributed by atoms with Crippen molar-refractivity contribution in [1.82, 2.24) is 6.15 Å². The Morgan fingerprint density at radius 2 is 2.14 bits per heavy atom. The van der Waals surface area contributed by atoms with Gasteiger partial charge in [0, 0.05) is 4.57 Å². The molecule has 0 bridgehead atoms.